The highest BCUT2D eigenvalue weighted by atomic mass is 32.1. The van der Waals surface area contributed by atoms with E-state index < -0.39 is 0 Å². The lowest BCUT2D eigenvalue weighted by Crippen LogP contribution is -2.28. The second kappa shape index (κ2) is 5.45. The number of rotatable bonds is 2. The minimum Gasteiger partial charge on any atom is -0.331 e. The Hall–Kier alpha value is -1.81. The van der Waals surface area contributed by atoms with Gasteiger partial charge in [0.25, 0.3) is 0 Å². The van der Waals surface area contributed by atoms with Crippen molar-refractivity contribution in [2.24, 2.45) is 0 Å². The van der Waals surface area contributed by atoms with Crippen molar-refractivity contribution in [2.75, 3.05) is 10.7 Å². The molecule has 0 aliphatic heterocycles. The Labute approximate surface area is 119 Å². The van der Waals surface area contributed by atoms with E-state index in [9.17, 15) is 0 Å². The summed E-state index contributed by atoms with van der Waals surface area (Å²) in [5.41, 5.74) is 8.96. The molecule has 0 saturated carbocycles. The normalized spacial score (nSPS) is 10.3. The first-order valence-electron chi connectivity index (χ1n) is 6.27. The number of anilines is 1. The third-order valence-corrected chi connectivity index (χ3v) is 3.44. The molecular weight excluding hydrogens is 254 g/mol. The molecule has 0 amide bonds. The highest BCUT2D eigenvalue weighted by Crippen LogP contribution is 2.14. The van der Waals surface area contributed by atoms with Crippen molar-refractivity contribution in [3.63, 3.8) is 0 Å². The van der Waals surface area contributed by atoms with Crippen molar-refractivity contribution in [2.45, 2.75) is 27.7 Å². The molecule has 0 aliphatic rings. The number of aromatic nitrogens is 1. The maximum atomic E-state index is 5.34. The van der Waals surface area contributed by atoms with E-state index in [1.807, 2.05) is 24.6 Å². The first kappa shape index (κ1) is 13.6. The Morgan fingerprint density at radius 2 is 1.58 bits per heavy atom. The van der Waals surface area contributed by atoms with Crippen LogP contribution in [0.25, 0.3) is 0 Å². The molecule has 100 valence electrons. The van der Waals surface area contributed by atoms with Crippen LogP contribution < -0.4 is 10.7 Å². The predicted octanol–water partition coefficient (Wildman–Crippen LogP) is 3.66. The smallest absolute Gasteiger partial charge is 0.190 e. The molecule has 0 fully saturated rings. The van der Waals surface area contributed by atoms with Gasteiger partial charge < -0.3 is 5.32 Å². The predicted molar refractivity (Wildman–Crippen MR) is 85.4 cm³/mol. The van der Waals surface area contributed by atoms with Crippen LogP contribution in [0.5, 0.6) is 0 Å². The molecule has 0 aliphatic carbocycles. The summed E-state index contributed by atoms with van der Waals surface area (Å²) in [4.78, 5) is 0. The maximum absolute atomic E-state index is 5.34. The summed E-state index contributed by atoms with van der Waals surface area (Å²) in [6.07, 6.45) is 0. The number of aryl methyl sites for hydroxylation is 4. The van der Waals surface area contributed by atoms with Crippen LogP contribution in [0.3, 0.4) is 0 Å². The lowest BCUT2D eigenvalue weighted by atomic mass is 10.1. The molecule has 0 radical (unpaired) electrons. The number of hydrogen-bond donors (Lipinski definition) is 2. The van der Waals surface area contributed by atoms with Gasteiger partial charge in [-0.15, -0.1) is 0 Å². The number of benzene rings is 1. The molecule has 19 heavy (non-hydrogen) atoms. The van der Waals surface area contributed by atoms with Crippen LogP contribution in [0.15, 0.2) is 30.3 Å². The fraction of sp³-hybridized carbons (Fsp3) is 0.267. The van der Waals surface area contributed by atoms with Gasteiger partial charge in [-0.3, -0.25) is 10.1 Å². The highest BCUT2D eigenvalue weighted by Gasteiger charge is 2.03. The van der Waals surface area contributed by atoms with E-state index in [0.29, 0.717) is 5.11 Å². The van der Waals surface area contributed by atoms with Gasteiger partial charge in [0.1, 0.15) is 0 Å². The summed E-state index contributed by atoms with van der Waals surface area (Å²) < 4.78 is 1.97. The molecule has 2 aromatic rings. The SMILES string of the molecule is Cc1ccc(NC(=S)Nn2c(C)ccc2C)cc1C. The van der Waals surface area contributed by atoms with E-state index >= 15 is 0 Å². The van der Waals surface area contributed by atoms with Crippen molar-refractivity contribution in [1.29, 1.82) is 0 Å². The van der Waals surface area contributed by atoms with E-state index in [4.69, 9.17) is 12.2 Å². The van der Waals surface area contributed by atoms with Crippen molar-refractivity contribution >= 4 is 23.0 Å². The van der Waals surface area contributed by atoms with Crippen molar-refractivity contribution in [3.05, 3.63) is 52.8 Å². The van der Waals surface area contributed by atoms with Crippen LogP contribution >= 0.6 is 12.2 Å². The van der Waals surface area contributed by atoms with Gasteiger partial charge in [-0.1, -0.05) is 6.07 Å². The van der Waals surface area contributed by atoms with E-state index in [1.54, 1.807) is 0 Å². The average molecular weight is 273 g/mol. The van der Waals surface area contributed by atoms with Gasteiger partial charge >= 0.3 is 0 Å². The third kappa shape index (κ3) is 3.15. The molecule has 0 bridgehead atoms. The van der Waals surface area contributed by atoms with Crippen LogP contribution in [-0.4, -0.2) is 9.79 Å². The van der Waals surface area contributed by atoms with Crippen molar-refractivity contribution in [1.82, 2.24) is 4.68 Å². The first-order valence-corrected chi connectivity index (χ1v) is 6.68. The van der Waals surface area contributed by atoms with Gasteiger partial charge in [0.15, 0.2) is 5.11 Å². The molecule has 1 heterocycles. The zero-order chi connectivity index (χ0) is 14.0. The van der Waals surface area contributed by atoms with Crippen LogP contribution in [0, 0.1) is 27.7 Å². The van der Waals surface area contributed by atoms with Crippen LogP contribution in [0.4, 0.5) is 5.69 Å². The second-order valence-corrected chi connectivity index (χ2v) is 5.22. The molecule has 0 atom stereocenters. The standard InChI is InChI=1S/C15H19N3S/c1-10-5-8-14(9-11(10)2)16-15(19)17-18-12(3)6-7-13(18)4/h5-9H,1-4H3,(H2,16,17,19). The molecule has 4 heteroatoms. The Kier molecular flexibility index (Phi) is 3.90. The first-order chi connectivity index (χ1) is 8.97. The maximum Gasteiger partial charge on any atom is 0.190 e. The van der Waals surface area contributed by atoms with Gasteiger partial charge in [0, 0.05) is 17.1 Å². The molecular formula is C15H19N3S. The molecule has 2 rings (SSSR count). The van der Waals surface area contributed by atoms with Gasteiger partial charge in [0.05, 0.1) is 0 Å². The molecule has 1 aromatic heterocycles. The summed E-state index contributed by atoms with van der Waals surface area (Å²) in [6.45, 7) is 8.27. The minimum atomic E-state index is 0.589. The number of nitrogens with zero attached hydrogens (tertiary/aromatic N) is 1. The van der Waals surface area contributed by atoms with Crippen LogP contribution in [-0.2, 0) is 0 Å². The average Bonchev–Trinajstić information content (AvgIpc) is 2.66. The van der Waals surface area contributed by atoms with Crippen LogP contribution in [0.2, 0.25) is 0 Å². The molecule has 3 nitrogen and oxygen atoms in total. The number of nitrogens with one attached hydrogen (secondary N) is 2. The Morgan fingerprint density at radius 3 is 2.16 bits per heavy atom. The zero-order valence-corrected chi connectivity index (χ0v) is 12.6. The van der Waals surface area contributed by atoms with E-state index in [1.165, 1.54) is 11.1 Å². The number of thiocarbonyl (C=S) groups is 1. The lowest BCUT2D eigenvalue weighted by molar-refractivity contribution is 0.898. The summed E-state index contributed by atoms with van der Waals surface area (Å²) in [7, 11) is 0. The summed E-state index contributed by atoms with van der Waals surface area (Å²) in [5, 5.41) is 3.79. The number of hydrogen-bond acceptors (Lipinski definition) is 1. The van der Waals surface area contributed by atoms with Gasteiger partial charge in [0.2, 0.25) is 0 Å². The van der Waals surface area contributed by atoms with Crippen molar-refractivity contribution in [3.8, 4) is 0 Å². The lowest BCUT2D eigenvalue weighted by Gasteiger charge is -2.15. The molecule has 1 aromatic carbocycles. The summed E-state index contributed by atoms with van der Waals surface area (Å²) >= 11 is 5.34. The second-order valence-electron chi connectivity index (χ2n) is 4.82. The molecule has 2 N–H and O–H groups in total. The zero-order valence-electron chi connectivity index (χ0n) is 11.7. The van der Waals surface area contributed by atoms with E-state index in [-0.39, 0.29) is 0 Å². The topological polar surface area (TPSA) is 29.0 Å². The summed E-state index contributed by atoms with van der Waals surface area (Å²) in [5.74, 6) is 0. The van der Waals surface area contributed by atoms with Gasteiger partial charge in [-0.25, -0.2) is 0 Å². The summed E-state index contributed by atoms with van der Waals surface area (Å²) in [6, 6.07) is 10.3. The molecule has 0 spiro atoms. The third-order valence-electron chi connectivity index (χ3n) is 3.25. The minimum absolute atomic E-state index is 0.589. The molecule has 0 unspecified atom stereocenters. The quantitative estimate of drug-likeness (QED) is 0.818. The highest BCUT2D eigenvalue weighted by molar-refractivity contribution is 7.80. The van der Waals surface area contributed by atoms with E-state index in [0.717, 1.165) is 17.1 Å². The Morgan fingerprint density at radius 1 is 0.947 bits per heavy atom. The fourth-order valence-corrected chi connectivity index (χ4v) is 2.13. The fourth-order valence-electron chi connectivity index (χ4n) is 1.92. The van der Waals surface area contributed by atoms with Gasteiger partial charge in [-0.2, -0.15) is 0 Å². The monoisotopic (exact) mass is 273 g/mol. The van der Waals surface area contributed by atoms with Gasteiger partial charge in [-0.05, 0) is 75.3 Å². The van der Waals surface area contributed by atoms with Crippen LogP contribution in [0.1, 0.15) is 22.5 Å². The Bertz CT molecular complexity index is 594. The molecule has 0 saturated heterocycles. The largest absolute Gasteiger partial charge is 0.331 e. The van der Waals surface area contributed by atoms with Crippen molar-refractivity contribution < 1.29 is 0 Å². The Balaban J connectivity index is 2.07. The van der Waals surface area contributed by atoms with E-state index in [2.05, 4.69) is 48.9 Å².